The molecule has 28 heavy (non-hydrogen) atoms. The van der Waals surface area contributed by atoms with Crippen LogP contribution in [0.3, 0.4) is 0 Å². The van der Waals surface area contributed by atoms with E-state index in [4.69, 9.17) is 0 Å². The lowest BCUT2D eigenvalue weighted by molar-refractivity contribution is -0.137. The minimum absolute atomic E-state index is 0.125. The Hall–Kier alpha value is -2.04. The molecule has 1 saturated heterocycles. The molecule has 0 spiro atoms. The molecule has 1 aliphatic heterocycles. The molecule has 0 radical (unpaired) electrons. The highest BCUT2D eigenvalue weighted by Gasteiger charge is 2.37. The van der Waals surface area contributed by atoms with E-state index in [2.05, 4.69) is 15.5 Å². The summed E-state index contributed by atoms with van der Waals surface area (Å²) >= 11 is 1.32. The monoisotopic (exact) mass is 414 g/mol. The summed E-state index contributed by atoms with van der Waals surface area (Å²) in [6.07, 6.45) is -3.21. The highest BCUT2D eigenvalue weighted by Crippen LogP contribution is 2.36. The molecule has 6 nitrogen and oxygen atoms in total. The zero-order valence-electron chi connectivity index (χ0n) is 15.3. The van der Waals surface area contributed by atoms with Gasteiger partial charge in [-0.05, 0) is 37.0 Å². The van der Waals surface area contributed by atoms with Crippen LogP contribution in [0.25, 0.3) is 0 Å². The first-order valence-corrected chi connectivity index (χ1v) is 9.76. The number of aryl methyl sites for hydroxylation is 1. The molecule has 0 aliphatic carbocycles. The van der Waals surface area contributed by atoms with Gasteiger partial charge in [0.15, 0.2) is 0 Å². The SMILES string of the molecule is CCc1nnc(NC(=O)CN2CCC(O)(c3cccc(C(F)(F)F)c3)CC2)s1. The molecule has 1 aliphatic rings. The zero-order valence-corrected chi connectivity index (χ0v) is 16.1. The molecule has 1 fully saturated rings. The Morgan fingerprint density at radius 3 is 2.64 bits per heavy atom. The summed E-state index contributed by atoms with van der Waals surface area (Å²) in [4.78, 5) is 14.0. The van der Waals surface area contributed by atoms with Crippen LogP contribution in [0, 0.1) is 0 Å². The second-order valence-electron chi connectivity index (χ2n) is 6.79. The van der Waals surface area contributed by atoms with Crippen LogP contribution in [0.4, 0.5) is 18.3 Å². The fourth-order valence-corrected chi connectivity index (χ4v) is 3.86. The van der Waals surface area contributed by atoms with Gasteiger partial charge in [-0.25, -0.2) is 0 Å². The third-order valence-corrected chi connectivity index (χ3v) is 5.78. The van der Waals surface area contributed by atoms with E-state index in [9.17, 15) is 23.1 Å². The maximum Gasteiger partial charge on any atom is 0.416 e. The summed E-state index contributed by atoms with van der Waals surface area (Å²) in [6.45, 7) is 2.87. The fraction of sp³-hybridized carbons (Fsp3) is 0.500. The lowest BCUT2D eigenvalue weighted by Crippen LogP contribution is -2.45. The Bertz CT molecular complexity index is 832. The number of nitrogens with one attached hydrogen (secondary N) is 1. The molecule has 0 unspecified atom stereocenters. The molecule has 2 aromatic rings. The summed E-state index contributed by atoms with van der Waals surface area (Å²) in [7, 11) is 0. The van der Waals surface area contributed by atoms with Gasteiger partial charge >= 0.3 is 6.18 Å². The van der Waals surface area contributed by atoms with Crippen molar-refractivity contribution in [1.82, 2.24) is 15.1 Å². The van der Waals surface area contributed by atoms with Gasteiger partial charge in [-0.1, -0.05) is 30.4 Å². The van der Waals surface area contributed by atoms with Gasteiger partial charge in [0, 0.05) is 13.1 Å². The van der Waals surface area contributed by atoms with Crippen molar-refractivity contribution < 1.29 is 23.1 Å². The fourth-order valence-electron chi connectivity index (χ4n) is 3.16. The summed E-state index contributed by atoms with van der Waals surface area (Å²) in [5, 5.41) is 22.6. The van der Waals surface area contributed by atoms with Crippen molar-refractivity contribution in [3.05, 3.63) is 40.4 Å². The van der Waals surface area contributed by atoms with Crippen molar-refractivity contribution in [2.45, 2.75) is 38.0 Å². The lowest BCUT2D eigenvalue weighted by atomic mass is 9.83. The molecule has 10 heteroatoms. The van der Waals surface area contributed by atoms with E-state index in [-0.39, 0.29) is 30.9 Å². The van der Waals surface area contributed by atoms with E-state index in [0.717, 1.165) is 23.6 Å². The smallest absolute Gasteiger partial charge is 0.385 e. The van der Waals surface area contributed by atoms with E-state index in [1.165, 1.54) is 23.5 Å². The van der Waals surface area contributed by atoms with Crippen molar-refractivity contribution in [2.24, 2.45) is 0 Å². The Kier molecular flexibility index (Phi) is 6.01. The Balaban J connectivity index is 1.57. The predicted molar refractivity (Wildman–Crippen MR) is 98.9 cm³/mol. The summed E-state index contributed by atoms with van der Waals surface area (Å²) in [6, 6.07) is 4.81. The van der Waals surface area contributed by atoms with Crippen LogP contribution in [0.15, 0.2) is 24.3 Å². The first-order chi connectivity index (χ1) is 13.2. The molecule has 1 amide bonds. The second kappa shape index (κ2) is 8.14. The van der Waals surface area contributed by atoms with Crippen molar-refractivity contribution in [1.29, 1.82) is 0 Å². The molecule has 0 saturated carbocycles. The van der Waals surface area contributed by atoms with Gasteiger partial charge in [-0.2, -0.15) is 13.2 Å². The van der Waals surface area contributed by atoms with Gasteiger partial charge in [0.25, 0.3) is 0 Å². The van der Waals surface area contributed by atoms with Crippen LogP contribution < -0.4 is 5.32 Å². The maximum absolute atomic E-state index is 12.9. The molecule has 3 rings (SSSR count). The number of carbonyl (C=O) groups is 1. The van der Waals surface area contributed by atoms with Crippen molar-refractivity contribution in [3.63, 3.8) is 0 Å². The third-order valence-electron chi connectivity index (χ3n) is 4.79. The highest BCUT2D eigenvalue weighted by atomic mass is 32.1. The number of anilines is 1. The molecule has 0 atom stereocenters. The number of piperidine rings is 1. The van der Waals surface area contributed by atoms with E-state index in [1.807, 2.05) is 11.8 Å². The summed E-state index contributed by atoms with van der Waals surface area (Å²) < 4.78 is 38.8. The third kappa shape index (κ3) is 4.86. The quantitative estimate of drug-likeness (QED) is 0.786. The van der Waals surface area contributed by atoms with Gasteiger partial charge in [-0.15, -0.1) is 10.2 Å². The number of benzene rings is 1. The Labute approximate surface area is 164 Å². The van der Waals surface area contributed by atoms with Gasteiger partial charge < -0.3 is 5.11 Å². The average molecular weight is 414 g/mol. The summed E-state index contributed by atoms with van der Waals surface area (Å²) in [5.74, 6) is -0.233. The largest absolute Gasteiger partial charge is 0.416 e. The normalized spacial score (nSPS) is 17.5. The minimum atomic E-state index is -4.45. The number of amides is 1. The molecular weight excluding hydrogens is 393 g/mol. The van der Waals surface area contributed by atoms with E-state index >= 15 is 0 Å². The molecule has 1 aromatic carbocycles. The summed E-state index contributed by atoms with van der Waals surface area (Å²) in [5.41, 5.74) is -1.85. The minimum Gasteiger partial charge on any atom is -0.385 e. The van der Waals surface area contributed by atoms with E-state index in [0.29, 0.717) is 18.2 Å². The highest BCUT2D eigenvalue weighted by molar-refractivity contribution is 7.15. The van der Waals surface area contributed by atoms with Crippen LogP contribution in [-0.4, -0.2) is 45.7 Å². The number of likely N-dealkylation sites (tertiary alicyclic amines) is 1. The van der Waals surface area contributed by atoms with Gasteiger partial charge in [0.1, 0.15) is 5.01 Å². The van der Waals surface area contributed by atoms with Crippen molar-refractivity contribution in [2.75, 3.05) is 25.0 Å². The number of hydrogen-bond acceptors (Lipinski definition) is 6. The molecule has 2 heterocycles. The average Bonchev–Trinajstić information content (AvgIpc) is 3.10. The van der Waals surface area contributed by atoms with Crippen LogP contribution >= 0.6 is 11.3 Å². The number of halogens is 3. The number of hydrogen-bond donors (Lipinski definition) is 2. The number of alkyl halides is 3. The van der Waals surface area contributed by atoms with Crippen molar-refractivity contribution in [3.8, 4) is 0 Å². The molecule has 1 aromatic heterocycles. The number of aliphatic hydroxyl groups is 1. The molecule has 2 N–H and O–H groups in total. The van der Waals surface area contributed by atoms with Crippen LogP contribution in [-0.2, 0) is 23.0 Å². The number of carbonyl (C=O) groups excluding carboxylic acids is 1. The van der Waals surface area contributed by atoms with Crippen LogP contribution in [0.2, 0.25) is 0 Å². The lowest BCUT2D eigenvalue weighted by Gasteiger charge is -2.38. The van der Waals surface area contributed by atoms with E-state index < -0.39 is 17.3 Å². The number of nitrogens with zero attached hydrogens (tertiary/aromatic N) is 3. The van der Waals surface area contributed by atoms with E-state index in [1.54, 1.807) is 0 Å². The van der Waals surface area contributed by atoms with Crippen LogP contribution in [0.1, 0.15) is 35.9 Å². The zero-order chi connectivity index (χ0) is 20.4. The molecular formula is C18H21F3N4O2S. The standard InChI is InChI=1S/C18H21F3N4O2S/c1-2-15-23-24-16(28-15)22-14(26)11-25-8-6-17(27,7-9-25)12-4-3-5-13(10-12)18(19,20)21/h3-5,10,27H,2,6-9,11H2,1H3,(H,22,24,26). The Morgan fingerprint density at radius 1 is 1.32 bits per heavy atom. The number of rotatable bonds is 5. The maximum atomic E-state index is 12.9. The van der Waals surface area contributed by atoms with Gasteiger partial charge in [0.2, 0.25) is 11.0 Å². The number of aromatic nitrogens is 2. The first-order valence-electron chi connectivity index (χ1n) is 8.94. The molecule has 152 valence electrons. The second-order valence-corrected chi connectivity index (χ2v) is 7.85. The van der Waals surface area contributed by atoms with Gasteiger partial charge in [0.05, 0.1) is 17.7 Å². The Morgan fingerprint density at radius 2 is 2.04 bits per heavy atom. The predicted octanol–water partition coefficient (Wildman–Crippen LogP) is 3.04. The van der Waals surface area contributed by atoms with Crippen LogP contribution in [0.5, 0.6) is 0 Å². The topological polar surface area (TPSA) is 78.4 Å². The first kappa shape index (κ1) is 20.7. The van der Waals surface area contributed by atoms with Crippen molar-refractivity contribution >= 4 is 22.4 Å². The van der Waals surface area contributed by atoms with Gasteiger partial charge in [-0.3, -0.25) is 15.0 Å². The molecule has 0 bridgehead atoms.